The fourth-order valence-corrected chi connectivity index (χ4v) is 6.84. The summed E-state index contributed by atoms with van der Waals surface area (Å²) in [5.41, 5.74) is 2.27. The van der Waals surface area contributed by atoms with Crippen LogP contribution in [-0.2, 0) is 15.0 Å². The SMILES string of the molecule is CC(=O)Oc1ccc(C(=O)[C@H]2[C@@H](C(=O)c3ccncc3)[C@]3(C(=O)Nc4ccccc43)[C@H]3C=Cc4ccccc4N23)cc1. The summed E-state index contributed by atoms with van der Waals surface area (Å²) in [7, 11) is 0. The molecule has 0 unspecified atom stereocenters. The Hall–Kier alpha value is -5.37. The standard InChI is InChI=1S/C34H25N3O5/c1-20(38)42-24-13-10-22(11-14-24)32(40)30-29(31(39)23-16-18-35-19-17-23)34(25-7-3-4-8-26(25)36-33(34)41)28-15-12-21-6-2-5-9-27(21)37(28)30/h2-19,28-30H,1H3,(H,36,41)/t28-,29+,30-,34-/m1/s1. The van der Waals surface area contributed by atoms with Gasteiger partial charge in [-0.3, -0.25) is 24.2 Å². The van der Waals surface area contributed by atoms with Crippen LogP contribution < -0.4 is 15.0 Å². The predicted molar refractivity (Wildman–Crippen MR) is 156 cm³/mol. The van der Waals surface area contributed by atoms with E-state index in [0.29, 0.717) is 28.1 Å². The molecule has 4 aromatic rings. The summed E-state index contributed by atoms with van der Waals surface area (Å²) in [6.45, 7) is 1.30. The number of esters is 1. The minimum absolute atomic E-state index is 0.305. The van der Waals surface area contributed by atoms with Crippen LogP contribution >= 0.6 is 0 Å². The van der Waals surface area contributed by atoms with Gasteiger partial charge in [0.2, 0.25) is 5.91 Å². The van der Waals surface area contributed by atoms with Crippen molar-refractivity contribution < 1.29 is 23.9 Å². The number of ketones is 2. The maximum atomic E-state index is 14.7. The quantitative estimate of drug-likeness (QED) is 0.213. The first-order valence-electron chi connectivity index (χ1n) is 13.6. The van der Waals surface area contributed by atoms with Crippen molar-refractivity contribution in [2.45, 2.75) is 24.4 Å². The third-order valence-electron chi connectivity index (χ3n) is 8.46. The number of pyridine rings is 1. The van der Waals surface area contributed by atoms with Crippen LogP contribution in [0.5, 0.6) is 5.75 Å². The lowest BCUT2D eigenvalue weighted by Gasteiger charge is -2.37. The highest BCUT2D eigenvalue weighted by Gasteiger charge is 2.70. The third kappa shape index (κ3) is 3.65. The molecule has 4 atom stereocenters. The van der Waals surface area contributed by atoms with Crippen molar-refractivity contribution in [3.8, 4) is 5.75 Å². The maximum absolute atomic E-state index is 14.7. The van der Waals surface area contributed by atoms with Gasteiger partial charge in [-0.15, -0.1) is 0 Å². The van der Waals surface area contributed by atoms with E-state index < -0.39 is 29.4 Å². The largest absolute Gasteiger partial charge is 0.427 e. The highest BCUT2D eigenvalue weighted by atomic mass is 16.5. The number of nitrogens with one attached hydrogen (secondary N) is 1. The minimum Gasteiger partial charge on any atom is -0.427 e. The molecule has 3 aliphatic rings. The van der Waals surface area contributed by atoms with Crippen molar-refractivity contribution in [1.29, 1.82) is 0 Å². The number of carbonyl (C=O) groups is 4. The summed E-state index contributed by atoms with van der Waals surface area (Å²) in [6, 6.07) is 22.9. The molecule has 1 amide bonds. The van der Waals surface area contributed by atoms with Crippen LogP contribution in [0, 0.1) is 5.92 Å². The highest BCUT2D eigenvalue weighted by molar-refractivity contribution is 6.18. The second-order valence-corrected chi connectivity index (χ2v) is 10.6. The fraction of sp³-hybridized carbons (Fsp3) is 0.147. The van der Waals surface area contributed by atoms with E-state index in [1.165, 1.54) is 19.3 Å². The molecule has 0 bridgehead atoms. The van der Waals surface area contributed by atoms with Gasteiger partial charge in [-0.05, 0) is 59.7 Å². The number of hydrogen-bond donors (Lipinski definition) is 1. The molecule has 3 aromatic carbocycles. The van der Waals surface area contributed by atoms with E-state index >= 15 is 0 Å². The summed E-state index contributed by atoms with van der Waals surface area (Å²) in [4.78, 5) is 61.2. The molecule has 0 saturated carbocycles. The molecule has 8 heteroatoms. The first-order valence-corrected chi connectivity index (χ1v) is 13.6. The second-order valence-electron chi connectivity index (χ2n) is 10.6. The summed E-state index contributed by atoms with van der Waals surface area (Å²) < 4.78 is 5.17. The highest BCUT2D eigenvalue weighted by Crippen LogP contribution is 2.58. The number of aromatic nitrogens is 1. The smallest absolute Gasteiger partial charge is 0.308 e. The Morgan fingerprint density at radius 2 is 1.55 bits per heavy atom. The van der Waals surface area contributed by atoms with E-state index in [-0.39, 0.29) is 17.5 Å². The van der Waals surface area contributed by atoms with Crippen molar-refractivity contribution >= 4 is 40.9 Å². The van der Waals surface area contributed by atoms with Crippen LogP contribution in [0.3, 0.4) is 0 Å². The van der Waals surface area contributed by atoms with Crippen LogP contribution in [0.1, 0.15) is 38.8 Å². The van der Waals surface area contributed by atoms with Crippen molar-refractivity contribution in [2.24, 2.45) is 5.92 Å². The zero-order chi connectivity index (χ0) is 29.0. The molecule has 0 aliphatic carbocycles. The number of nitrogens with zero attached hydrogens (tertiary/aromatic N) is 2. The van der Waals surface area contributed by atoms with E-state index in [0.717, 1.165) is 11.3 Å². The molecular weight excluding hydrogens is 530 g/mol. The summed E-state index contributed by atoms with van der Waals surface area (Å²) in [5, 5.41) is 3.02. The molecule has 1 N–H and O–H groups in total. The number of fused-ring (bicyclic) bond motifs is 6. The summed E-state index contributed by atoms with van der Waals surface area (Å²) in [6.07, 6.45) is 6.96. The first-order chi connectivity index (χ1) is 20.4. The van der Waals surface area contributed by atoms with Crippen molar-refractivity contribution in [3.05, 3.63) is 126 Å². The number of anilines is 2. The molecule has 4 heterocycles. The number of para-hydroxylation sites is 2. The molecule has 1 fully saturated rings. The van der Waals surface area contributed by atoms with Gasteiger partial charge >= 0.3 is 5.97 Å². The van der Waals surface area contributed by atoms with Gasteiger partial charge in [0.15, 0.2) is 11.6 Å². The molecule has 3 aliphatic heterocycles. The van der Waals surface area contributed by atoms with Crippen LogP contribution in [0.25, 0.3) is 6.08 Å². The Balaban J connectivity index is 1.48. The first kappa shape index (κ1) is 25.6. The number of rotatable bonds is 5. The van der Waals surface area contributed by atoms with Crippen LogP contribution in [-0.4, -0.2) is 40.5 Å². The fourth-order valence-electron chi connectivity index (χ4n) is 6.84. The lowest BCUT2D eigenvalue weighted by Crippen LogP contribution is -2.51. The third-order valence-corrected chi connectivity index (χ3v) is 8.46. The Morgan fingerprint density at radius 1 is 0.857 bits per heavy atom. The van der Waals surface area contributed by atoms with E-state index in [1.807, 2.05) is 65.6 Å². The number of amides is 1. The molecule has 42 heavy (non-hydrogen) atoms. The summed E-state index contributed by atoms with van der Waals surface area (Å²) >= 11 is 0. The van der Waals surface area contributed by atoms with Gasteiger partial charge in [0, 0.05) is 41.8 Å². The van der Waals surface area contributed by atoms with Gasteiger partial charge in [-0.1, -0.05) is 48.6 Å². The molecular formula is C34H25N3O5. The molecule has 1 spiro atoms. The lowest BCUT2D eigenvalue weighted by atomic mass is 9.64. The molecule has 206 valence electrons. The van der Waals surface area contributed by atoms with Crippen LogP contribution in [0.15, 0.2) is 103 Å². The average Bonchev–Trinajstić information content (AvgIpc) is 3.49. The Kier molecular flexibility index (Phi) is 5.86. The van der Waals surface area contributed by atoms with E-state index in [4.69, 9.17) is 4.74 Å². The number of Topliss-reactive ketones (excluding diaryl/α,β-unsaturated/α-hetero) is 2. The monoisotopic (exact) mass is 555 g/mol. The molecule has 1 saturated heterocycles. The van der Waals surface area contributed by atoms with Crippen LogP contribution in [0.4, 0.5) is 11.4 Å². The predicted octanol–water partition coefficient (Wildman–Crippen LogP) is 4.86. The maximum Gasteiger partial charge on any atom is 0.308 e. The zero-order valence-corrected chi connectivity index (χ0v) is 22.6. The van der Waals surface area contributed by atoms with Gasteiger partial charge in [-0.25, -0.2) is 0 Å². The Morgan fingerprint density at radius 3 is 2.31 bits per heavy atom. The van der Waals surface area contributed by atoms with Gasteiger partial charge in [-0.2, -0.15) is 0 Å². The van der Waals surface area contributed by atoms with Crippen molar-refractivity contribution in [1.82, 2.24) is 4.98 Å². The van der Waals surface area contributed by atoms with Gasteiger partial charge < -0.3 is 15.0 Å². The minimum atomic E-state index is -1.39. The average molecular weight is 556 g/mol. The van der Waals surface area contributed by atoms with Crippen LogP contribution in [0.2, 0.25) is 0 Å². The van der Waals surface area contributed by atoms with Gasteiger partial charge in [0.25, 0.3) is 0 Å². The summed E-state index contributed by atoms with van der Waals surface area (Å²) in [5.74, 6) is -2.21. The Labute approximate surface area is 241 Å². The number of carbonyl (C=O) groups excluding carboxylic acids is 4. The van der Waals surface area contributed by atoms with Gasteiger partial charge in [0.1, 0.15) is 17.2 Å². The van der Waals surface area contributed by atoms with Crippen molar-refractivity contribution in [3.63, 3.8) is 0 Å². The van der Waals surface area contributed by atoms with E-state index in [2.05, 4.69) is 10.3 Å². The van der Waals surface area contributed by atoms with E-state index in [1.54, 1.807) is 36.4 Å². The number of ether oxygens (including phenoxy) is 1. The number of hydrogen-bond acceptors (Lipinski definition) is 7. The van der Waals surface area contributed by atoms with E-state index in [9.17, 15) is 19.2 Å². The second kappa shape index (κ2) is 9.62. The molecule has 0 radical (unpaired) electrons. The number of benzene rings is 3. The lowest BCUT2D eigenvalue weighted by molar-refractivity contribution is -0.131. The van der Waals surface area contributed by atoms with Gasteiger partial charge in [0.05, 0.1) is 12.0 Å². The normalized spacial score (nSPS) is 23.1. The zero-order valence-electron chi connectivity index (χ0n) is 22.6. The topological polar surface area (TPSA) is 106 Å². The molecule has 7 rings (SSSR count). The Bertz CT molecular complexity index is 1800. The molecule has 1 aromatic heterocycles. The molecule has 8 nitrogen and oxygen atoms in total. The van der Waals surface area contributed by atoms with Crippen molar-refractivity contribution in [2.75, 3.05) is 10.2 Å².